The molecule has 2 atom stereocenters. The minimum Gasteiger partial charge on any atom is -0.380 e. The maximum Gasteiger partial charge on any atom is 0.159 e. The van der Waals surface area contributed by atoms with Crippen LogP contribution >= 0.6 is 0 Å². The highest BCUT2D eigenvalue weighted by Crippen LogP contribution is 2.15. The molecule has 0 bridgehead atoms. The summed E-state index contributed by atoms with van der Waals surface area (Å²) in [4.78, 5) is 0. The van der Waals surface area contributed by atoms with Gasteiger partial charge in [0.1, 0.15) is 0 Å². The molecular formula is C12H17F2NO. The van der Waals surface area contributed by atoms with Gasteiger partial charge in [0.15, 0.2) is 11.6 Å². The van der Waals surface area contributed by atoms with Crippen LogP contribution in [-0.4, -0.2) is 19.8 Å². The molecule has 0 fully saturated rings. The van der Waals surface area contributed by atoms with E-state index in [0.29, 0.717) is 6.54 Å². The molecular weight excluding hydrogens is 212 g/mol. The topological polar surface area (TPSA) is 21.3 Å². The first kappa shape index (κ1) is 13.1. The van der Waals surface area contributed by atoms with E-state index in [4.69, 9.17) is 4.74 Å². The Morgan fingerprint density at radius 2 is 1.94 bits per heavy atom. The minimum absolute atomic E-state index is 0.0345. The smallest absolute Gasteiger partial charge is 0.159 e. The molecule has 0 aliphatic rings. The van der Waals surface area contributed by atoms with Gasteiger partial charge in [-0.25, -0.2) is 8.78 Å². The molecule has 0 saturated heterocycles. The lowest BCUT2D eigenvalue weighted by atomic mass is 10.1. The quantitative estimate of drug-likeness (QED) is 0.838. The average Bonchev–Trinajstić information content (AvgIpc) is 2.29. The van der Waals surface area contributed by atoms with Gasteiger partial charge in [0.05, 0.1) is 6.10 Å². The van der Waals surface area contributed by atoms with E-state index in [0.717, 1.165) is 11.6 Å². The molecule has 0 aromatic heterocycles. The van der Waals surface area contributed by atoms with E-state index >= 15 is 0 Å². The second-order valence-electron chi connectivity index (χ2n) is 3.85. The lowest BCUT2D eigenvalue weighted by molar-refractivity contribution is 0.115. The largest absolute Gasteiger partial charge is 0.380 e. The van der Waals surface area contributed by atoms with Crippen molar-refractivity contribution in [2.75, 3.05) is 13.7 Å². The van der Waals surface area contributed by atoms with Gasteiger partial charge < -0.3 is 10.1 Å². The number of benzene rings is 1. The SMILES string of the molecule is COC(C)CNC(C)c1ccc(F)c(F)c1. The minimum atomic E-state index is -0.818. The second kappa shape index (κ2) is 5.92. The molecule has 0 spiro atoms. The van der Waals surface area contributed by atoms with Gasteiger partial charge in [0, 0.05) is 19.7 Å². The van der Waals surface area contributed by atoms with Crippen molar-refractivity contribution in [3.05, 3.63) is 35.4 Å². The van der Waals surface area contributed by atoms with Gasteiger partial charge in [-0.05, 0) is 31.5 Å². The van der Waals surface area contributed by atoms with Crippen LogP contribution in [0, 0.1) is 11.6 Å². The fourth-order valence-corrected chi connectivity index (χ4v) is 1.33. The lowest BCUT2D eigenvalue weighted by Crippen LogP contribution is -2.28. The van der Waals surface area contributed by atoms with Crippen LogP contribution in [0.4, 0.5) is 8.78 Å². The van der Waals surface area contributed by atoms with Crippen molar-refractivity contribution in [3.63, 3.8) is 0 Å². The predicted molar refractivity (Wildman–Crippen MR) is 59.2 cm³/mol. The first-order chi connectivity index (χ1) is 7.54. The average molecular weight is 229 g/mol. The molecule has 16 heavy (non-hydrogen) atoms. The molecule has 2 unspecified atom stereocenters. The van der Waals surface area contributed by atoms with Crippen LogP contribution in [0.5, 0.6) is 0 Å². The van der Waals surface area contributed by atoms with Crippen molar-refractivity contribution in [2.45, 2.75) is 26.0 Å². The Labute approximate surface area is 94.6 Å². The zero-order valence-corrected chi connectivity index (χ0v) is 9.76. The third kappa shape index (κ3) is 3.54. The fourth-order valence-electron chi connectivity index (χ4n) is 1.33. The van der Waals surface area contributed by atoms with Crippen LogP contribution in [0.1, 0.15) is 25.5 Å². The Morgan fingerprint density at radius 3 is 2.50 bits per heavy atom. The summed E-state index contributed by atoms with van der Waals surface area (Å²) in [6.45, 7) is 4.50. The standard InChI is InChI=1S/C12H17F2NO/c1-8(16-3)7-15-9(2)10-4-5-11(13)12(14)6-10/h4-6,8-9,15H,7H2,1-3H3. The van der Waals surface area contributed by atoms with E-state index in [1.807, 2.05) is 13.8 Å². The molecule has 0 aliphatic carbocycles. The number of rotatable bonds is 5. The van der Waals surface area contributed by atoms with Gasteiger partial charge in [-0.2, -0.15) is 0 Å². The molecule has 0 saturated carbocycles. The van der Waals surface area contributed by atoms with E-state index in [2.05, 4.69) is 5.32 Å². The highest BCUT2D eigenvalue weighted by molar-refractivity contribution is 5.20. The summed E-state index contributed by atoms with van der Waals surface area (Å²) in [7, 11) is 1.63. The molecule has 0 heterocycles. The van der Waals surface area contributed by atoms with E-state index in [1.165, 1.54) is 6.07 Å². The third-order valence-electron chi connectivity index (χ3n) is 2.56. The highest BCUT2D eigenvalue weighted by atomic mass is 19.2. The van der Waals surface area contributed by atoms with Crippen molar-refractivity contribution < 1.29 is 13.5 Å². The molecule has 1 aromatic carbocycles. The maximum absolute atomic E-state index is 13.0. The lowest BCUT2D eigenvalue weighted by Gasteiger charge is -2.17. The van der Waals surface area contributed by atoms with Crippen molar-refractivity contribution in [1.29, 1.82) is 0 Å². The number of ether oxygens (including phenoxy) is 1. The van der Waals surface area contributed by atoms with E-state index in [1.54, 1.807) is 13.2 Å². The zero-order valence-electron chi connectivity index (χ0n) is 9.76. The van der Waals surface area contributed by atoms with Crippen LogP contribution in [-0.2, 0) is 4.74 Å². The normalized spacial score (nSPS) is 14.8. The van der Waals surface area contributed by atoms with Gasteiger partial charge in [-0.3, -0.25) is 0 Å². The van der Waals surface area contributed by atoms with Gasteiger partial charge >= 0.3 is 0 Å². The Bertz CT molecular complexity index is 344. The Balaban J connectivity index is 2.59. The van der Waals surface area contributed by atoms with Crippen molar-refractivity contribution in [2.24, 2.45) is 0 Å². The van der Waals surface area contributed by atoms with Gasteiger partial charge in [0.25, 0.3) is 0 Å². The fraction of sp³-hybridized carbons (Fsp3) is 0.500. The molecule has 4 heteroatoms. The number of methoxy groups -OCH3 is 1. The molecule has 1 N–H and O–H groups in total. The Morgan fingerprint density at radius 1 is 1.25 bits per heavy atom. The van der Waals surface area contributed by atoms with Crippen molar-refractivity contribution in [1.82, 2.24) is 5.32 Å². The summed E-state index contributed by atoms with van der Waals surface area (Å²) in [5.74, 6) is -1.63. The highest BCUT2D eigenvalue weighted by Gasteiger charge is 2.09. The second-order valence-corrected chi connectivity index (χ2v) is 3.85. The van der Waals surface area contributed by atoms with Crippen LogP contribution in [0.2, 0.25) is 0 Å². The van der Waals surface area contributed by atoms with Crippen LogP contribution in [0.15, 0.2) is 18.2 Å². The molecule has 0 amide bonds. The first-order valence-electron chi connectivity index (χ1n) is 5.25. The Kier molecular flexibility index (Phi) is 4.83. The summed E-state index contributed by atoms with van der Waals surface area (Å²) < 4.78 is 30.8. The Hall–Kier alpha value is -1.00. The van der Waals surface area contributed by atoms with Crippen LogP contribution in [0.3, 0.4) is 0 Å². The summed E-state index contributed by atoms with van der Waals surface area (Å²) in [6.07, 6.45) is 0.0905. The van der Waals surface area contributed by atoms with Crippen LogP contribution in [0.25, 0.3) is 0 Å². The van der Waals surface area contributed by atoms with E-state index in [9.17, 15) is 8.78 Å². The number of hydrogen-bond acceptors (Lipinski definition) is 2. The predicted octanol–water partition coefficient (Wildman–Crippen LogP) is 2.65. The van der Waals surface area contributed by atoms with Gasteiger partial charge in [-0.1, -0.05) is 6.07 Å². The number of halogens is 2. The van der Waals surface area contributed by atoms with Gasteiger partial charge in [-0.15, -0.1) is 0 Å². The maximum atomic E-state index is 13.0. The van der Waals surface area contributed by atoms with E-state index < -0.39 is 11.6 Å². The summed E-state index contributed by atoms with van der Waals surface area (Å²) in [5, 5.41) is 3.18. The first-order valence-corrected chi connectivity index (χ1v) is 5.25. The molecule has 1 rings (SSSR count). The number of hydrogen-bond donors (Lipinski definition) is 1. The molecule has 2 nitrogen and oxygen atoms in total. The summed E-state index contributed by atoms with van der Waals surface area (Å²) in [5.41, 5.74) is 0.724. The van der Waals surface area contributed by atoms with Crippen LogP contribution < -0.4 is 5.32 Å². The molecule has 90 valence electrons. The van der Waals surface area contributed by atoms with Crippen molar-refractivity contribution in [3.8, 4) is 0 Å². The van der Waals surface area contributed by atoms with Gasteiger partial charge in [0.2, 0.25) is 0 Å². The van der Waals surface area contributed by atoms with Crippen molar-refractivity contribution >= 4 is 0 Å². The summed E-state index contributed by atoms with van der Waals surface area (Å²) >= 11 is 0. The zero-order chi connectivity index (χ0) is 12.1. The monoisotopic (exact) mass is 229 g/mol. The number of nitrogens with one attached hydrogen (secondary N) is 1. The molecule has 0 aliphatic heterocycles. The third-order valence-corrected chi connectivity index (χ3v) is 2.56. The van der Waals surface area contributed by atoms with E-state index in [-0.39, 0.29) is 12.1 Å². The molecule has 1 aromatic rings. The summed E-state index contributed by atoms with van der Waals surface area (Å²) in [6, 6.07) is 3.90. The molecule has 0 radical (unpaired) electrons.